The Morgan fingerprint density at radius 2 is 1.52 bits per heavy atom. The van der Waals surface area contributed by atoms with Gasteiger partial charge in [-0.1, -0.05) is 66.2 Å². The van der Waals surface area contributed by atoms with Crippen molar-refractivity contribution < 1.29 is 17.9 Å². The maximum atomic E-state index is 13.7. The highest BCUT2D eigenvalue weighted by atomic mass is 32.2. The van der Waals surface area contributed by atoms with Crippen molar-refractivity contribution in [2.45, 2.75) is 23.8 Å². The molecule has 3 aromatic carbocycles. The number of carbonyl (C=O) groups excluding carboxylic acids is 1. The van der Waals surface area contributed by atoms with Crippen LogP contribution in [0, 0.1) is 6.92 Å². The zero-order valence-corrected chi connectivity index (χ0v) is 17.0. The van der Waals surface area contributed by atoms with E-state index in [0.29, 0.717) is 11.3 Å². The van der Waals surface area contributed by atoms with Crippen LogP contribution in [0.4, 0.5) is 5.69 Å². The number of methoxy groups -OCH3 is 1. The Bertz CT molecular complexity index is 1140. The summed E-state index contributed by atoms with van der Waals surface area (Å²) in [6.45, 7) is 1.90. The second-order valence-corrected chi connectivity index (χ2v) is 8.84. The van der Waals surface area contributed by atoms with Crippen LogP contribution >= 0.6 is 0 Å². The highest BCUT2D eigenvalue weighted by Gasteiger charge is 2.49. The fourth-order valence-electron chi connectivity index (χ4n) is 3.87. The zero-order valence-electron chi connectivity index (χ0n) is 16.1. The molecule has 0 spiro atoms. The maximum absolute atomic E-state index is 13.7. The zero-order chi connectivity index (χ0) is 20.6. The molecule has 1 aliphatic rings. The summed E-state index contributed by atoms with van der Waals surface area (Å²) in [7, 11) is -2.59. The number of ether oxygens (including phenoxy) is 1. The number of nitrogens with zero attached hydrogens (tertiary/aromatic N) is 1. The van der Waals surface area contributed by atoms with E-state index in [-0.39, 0.29) is 4.90 Å². The highest BCUT2D eigenvalue weighted by molar-refractivity contribution is 7.92. The van der Waals surface area contributed by atoms with Gasteiger partial charge in [0.25, 0.3) is 10.0 Å². The predicted octanol–water partition coefficient (Wildman–Crippen LogP) is 4.20. The predicted molar refractivity (Wildman–Crippen MR) is 111 cm³/mol. The van der Waals surface area contributed by atoms with Crippen molar-refractivity contribution in [2.75, 3.05) is 11.4 Å². The molecule has 2 atom stereocenters. The number of hydrogen-bond donors (Lipinski definition) is 0. The number of benzene rings is 3. The summed E-state index contributed by atoms with van der Waals surface area (Å²) in [6.07, 6.45) is 0. The summed E-state index contributed by atoms with van der Waals surface area (Å²) in [4.78, 5) is 13.0. The molecule has 29 heavy (non-hydrogen) atoms. The van der Waals surface area contributed by atoms with Crippen molar-refractivity contribution in [1.29, 1.82) is 0 Å². The minimum absolute atomic E-state index is 0.185. The van der Waals surface area contributed by atoms with E-state index in [9.17, 15) is 13.2 Å². The van der Waals surface area contributed by atoms with E-state index in [4.69, 9.17) is 4.74 Å². The Morgan fingerprint density at radius 1 is 0.897 bits per heavy atom. The van der Waals surface area contributed by atoms with Gasteiger partial charge in [-0.05, 0) is 36.2 Å². The van der Waals surface area contributed by atoms with Crippen molar-refractivity contribution in [3.63, 3.8) is 0 Å². The van der Waals surface area contributed by atoms with Gasteiger partial charge in [-0.25, -0.2) is 8.42 Å². The van der Waals surface area contributed by atoms with E-state index in [1.807, 2.05) is 37.3 Å². The number of aryl methyl sites for hydroxylation is 1. The fourth-order valence-corrected chi connectivity index (χ4v) is 5.55. The minimum atomic E-state index is -3.92. The molecule has 0 bridgehead atoms. The van der Waals surface area contributed by atoms with Crippen molar-refractivity contribution >= 4 is 21.7 Å². The quantitative estimate of drug-likeness (QED) is 0.608. The van der Waals surface area contributed by atoms with Crippen molar-refractivity contribution in [1.82, 2.24) is 0 Å². The van der Waals surface area contributed by atoms with Crippen LogP contribution in [0.3, 0.4) is 0 Å². The van der Waals surface area contributed by atoms with E-state index >= 15 is 0 Å². The molecule has 148 valence electrons. The van der Waals surface area contributed by atoms with Crippen molar-refractivity contribution in [3.05, 3.63) is 95.6 Å². The maximum Gasteiger partial charge on any atom is 0.315 e. The molecule has 0 aromatic heterocycles. The topological polar surface area (TPSA) is 63.7 Å². The third-order valence-electron chi connectivity index (χ3n) is 5.25. The first kappa shape index (κ1) is 19.2. The van der Waals surface area contributed by atoms with Gasteiger partial charge in [0.15, 0.2) is 0 Å². The first-order valence-electron chi connectivity index (χ1n) is 9.28. The summed E-state index contributed by atoms with van der Waals surface area (Å²) < 4.78 is 33.9. The first-order chi connectivity index (χ1) is 13.9. The van der Waals surface area contributed by atoms with Gasteiger partial charge in [-0.15, -0.1) is 0 Å². The average Bonchev–Trinajstić information content (AvgIpc) is 3.10. The van der Waals surface area contributed by atoms with Crippen LogP contribution in [0.2, 0.25) is 0 Å². The molecule has 0 aliphatic carbocycles. The monoisotopic (exact) mass is 407 g/mol. The van der Waals surface area contributed by atoms with Crippen molar-refractivity contribution in [2.24, 2.45) is 0 Å². The van der Waals surface area contributed by atoms with Gasteiger partial charge >= 0.3 is 5.97 Å². The third-order valence-corrected chi connectivity index (χ3v) is 7.06. The highest BCUT2D eigenvalue weighted by Crippen LogP contribution is 2.51. The van der Waals surface area contributed by atoms with Gasteiger partial charge in [0.1, 0.15) is 5.92 Å². The second-order valence-electron chi connectivity index (χ2n) is 7.03. The summed E-state index contributed by atoms with van der Waals surface area (Å²) >= 11 is 0. The third kappa shape index (κ3) is 3.19. The van der Waals surface area contributed by atoms with E-state index in [1.54, 1.807) is 48.5 Å². The summed E-state index contributed by atoms with van der Waals surface area (Å²) in [5.41, 5.74) is 2.84. The Balaban J connectivity index is 1.96. The molecule has 0 fully saturated rings. The standard InChI is InChI=1S/C23H21NO4S/c1-16-12-14-18(15-13-16)29(26,27)24-20-11-7-6-10-19(20)21(23(25)28-2)22(24)17-8-4-3-5-9-17/h3-15,21-22H,1-2H3/t21-,22+/m0/s1. The van der Waals surface area contributed by atoms with Gasteiger partial charge in [0.05, 0.1) is 23.7 Å². The number of para-hydroxylation sites is 1. The molecule has 4 rings (SSSR count). The van der Waals surface area contributed by atoms with E-state index in [0.717, 1.165) is 11.1 Å². The van der Waals surface area contributed by atoms with Gasteiger partial charge in [-0.3, -0.25) is 9.10 Å². The Hall–Kier alpha value is -3.12. The number of carbonyl (C=O) groups is 1. The van der Waals surface area contributed by atoms with Gasteiger partial charge in [0, 0.05) is 0 Å². The van der Waals surface area contributed by atoms with Crippen LogP contribution in [0.1, 0.15) is 28.7 Å². The van der Waals surface area contributed by atoms with Gasteiger partial charge in [-0.2, -0.15) is 0 Å². The molecule has 0 N–H and O–H groups in total. The lowest BCUT2D eigenvalue weighted by Gasteiger charge is -2.29. The summed E-state index contributed by atoms with van der Waals surface area (Å²) in [5.74, 6) is -1.22. The van der Waals surface area contributed by atoms with E-state index in [1.165, 1.54) is 11.4 Å². The van der Waals surface area contributed by atoms with E-state index < -0.39 is 28.0 Å². The van der Waals surface area contributed by atoms with Crippen LogP contribution < -0.4 is 4.31 Å². The van der Waals surface area contributed by atoms with Crippen LogP contribution in [0.5, 0.6) is 0 Å². The Labute approximate surface area is 170 Å². The molecule has 5 nitrogen and oxygen atoms in total. The summed E-state index contributed by atoms with van der Waals surface area (Å²) in [6, 6.07) is 22.3. The molecule has 1 heterocycles. The molecule has 3 aromatic rings. The average molecular weight is 407 g/mol. The minimum Gasteiger partial charge on any atom is -0.468 e. The normalized spacial score (nSPS) is 18.3. The smallest absolute Gasteiger partial charge is 0.315 e. The van der Waals surface area contributed by atoms with Crippen molar-refractivity contribution in [3.8, 4) is 0 Å². The second kappa shape index (κ2) is 7.37. The number of fused-ring (bicyclic) bond motifs is 1. The first-order valence-corrected chi connectivity index (χ1v) is 10.7. The summed E-state index contributed by atoms with van der Waals surface area (Å²) in [5, 5.41) is 0. The molecular formula is C23H21NO4S. The van der Waals surface area contributed by atoms with Crippen LogP contribution in [-0.4, -0.2) is 21.5 Å². The fraction of sp³-hybridized carbons (Fsp3) is 0.174. The lowest BCUT2D eigenvalue weighted by Crippen LogP contribution is -2.35. The molecule has 0 saturated heterocycles. The molecule has 1 aliphatic heterocycles. The van der Waals surface area contributed by atoms with Crippen LogP contribution in [-0.2, 0) is 19.6 Å². The molecule has 0 amide bonds. The molecular weight excluding hydrogens is 386 g/mol. The number of rotatable bonds is 4. The largest absolute Gasteiger partial charge is 0.468 e. The molecule has 0 radical (unpaired) electrons. The Kier molecular flexibility index (Phi) is 4.88. The lowest BCUT2D eigenvalue weighted by atomic mass is 9.90. The van der Waals surface area contributed by atoms with Gasteiger partial charge in [0.2, 0.25) is 0 Å². The number of hydrogen-bond acceptors (Lipinski definition) is 4. The van der Waals surface area contributed by atoms with Crippen LogP contribution in [0.15, 0.2) is 83.8 Å². The molecule has 6 heteroatoms. The number of esters is 1. The Morgan fingerprint density at radius 3 is 2.17 bits per heavy atom. The lowest BCUT2D eigenvalue weighted by molar-refractivity contribution is -0.142. The SMILES string of the molecule is COC(=O)[C@H]1c2ccccc2N(S(=O)(=O)c2ccc(C)cc2)[C@@H]1c1ccccc1. The van der Waals surface area contributed by atoms with Crippen LogP contribution in [0.25, 0.3) is 0 Å². The van der Waals surface area contributed by atoms with E-state index in [2.05, 4.69) is 0 Å². The number of sulfonamides is 1. The molecule has 0 unspecified atom stereocenters. The number of anilines is 1. The van der Waals surface area contributed by atoms with Gasteiger partial charge < -0.3 is 4.74 Å². The molecule has 0 saturated carbocycles.